The van der Waals surface area contributed by atoms with E-state index in [1.807, 2.05) is 44.2 Å². The Morgan fingerprint density at radius 1 is 1.29 bits per heavy atom. The lowest BCUT2D eigenvalue weighted by atomic mass is 9.99. The maximum absolute atomic E-state index is 12.5. The van der Waals surface area contributed by atoms with Gasteiger partial charge in [0.05, 0.1) is 11.7 Å². The third kappa shape index (κ3) is 6.33. The molecule has 0 radical (unpaired) electrons. The van der Waals surface area contributed by atoms with Crippen molar-refractivity contribution in [2.75, 3.05) is 0 Å². The van der Waals surface area contributed by atoms with Crippen LogP contribution in [0.3, 0.4) is 0 Å². The number of carbonyl (C=O) groups is 2. The molecule has 2 unspecified atom stereocenters. The number of ether oxygens (including phenoxy) is 1. The minimum absolute atomic E-state index is 0.0746. The van der Waals surface area contributed by atoms with Crippen LogP contribution in [0.1, 0.15) is 46.6 Å². The van der Waals surface area contributed by atoms with Gasteiger partial charge in [-0.25, -0.2) is 10.2 Å². The van der Waals surface area contributed by atoms with E-state index in [1.165, 1.54) is 0 Å². The number of aromatic nitrogens is 1. The number of fused-ring (bicyclic) bond motifs is 1. The van der Waals surface area contributed by atoms with Gasteiger partial charge in [0.2, 0.25) is 0 Å². The highest BCUT2D eigenvalue weighted by molar-refractivity contribution is 5.90. The number of nitrogens with zero attached hydrogens (tertiary/aromatic N) is 2. The molecule has 2 amide bonds. The zero-order valence-electron chi connectivity index (χ0n) is 17.0. The largest absolute Gasteiger partial charge is 0.444 e. The Labute approximate surface area is 165 Å². The maximum Gasteiger partial charge on any atom is 0.408 e. The minimum Gasteiger partial charge on any atom is -0.444 e. The monoisotopic (exact) mass is 384 g/mol. The standard InChI is InChI=1S/C21H28N4O3/c1-6-14(2)18(24-20(27)28-21(3,4)5)19(26)25-23-13-15-9-10-17-16(12-15)8-7-11-22-17/h7-14,18H,6H2,1-5H3,(H,24,27)(H,25,26)/b23-13+. The van der Waals surface area contributed by atoms with Crippen molar-refractivity contribution in [1.82, 2.24) is 15.7 Å². The van der Waals surface area contributed by atoms with E-state index in [4.69, 9.17) is 4.74 Å². The average molecular weight is 384 g/mol. The van der Waals surface area contributed by atoms with Crippen LogP contribution in [0.2, 0.25) is 0 Å². The molecule has 0 aliphatic carbocycles. The first-order chi connectivity index (χ1) is 13.2. The van der Waals surface area contributed by atoms with Gasteiger partial charge in [-0.15, -0.1) is 0 Å². The van der Waals surface area contributed by atoms with E-state index in [0.29, 0.717) is 0 Å². The van der Waals surface area contributed by atoms with Gasteiger partial charge in [-0.05, 0) is 50.5 Å². The lowest BCUT2D eigenvalue weighted by Crippen LogP contribution is -2.50. The molecule has 2 aromatic rings. The molecule has 2 N–H and O–H groups in total. The Kier molecular flexibility index (Phi) is 7.09. The van der Waals surface area contributed by atoms with Crippen LogP contribution in [0.25, 0.3) is 10.9 Å². The summed E-state index contributed by atoms with van der Waals surface area (Å²) in [6.45, 7) is 9.16. The summed E-state index contributed by atoms with van der Waals surface area (Å²) in [6, 6.07) is 8.79. The average Bonchev–Trinajstić information content (AvgIpc) is 2.64. The van der Waals surface area contributed by atoms with Crippen LogP contribution in [0.4, 0.5) is 4.79 Å². The lowest BCUT2D eigenvalue weighted by molar-refractivity contribution is -0.124. The van der Waals surface area contributed by atoms with Crippen LogP contribution >= 0.6 is 0 Å². The second kappa shape index (κ2) is 9.30. The van der Waals surface area contributed by atoms with Crippen molar-refractivity contribution >= 4 is 29.1 Å². The highest BCUT2D eigenvalue weighted by Gasteiger charge is 2.28. The summed E-state index contributed by atoms with van der Waals surface area (Å²) in [6.07, 6.45) is 3.39. The van der Waals surface area contributed by atoms with Gasteiger partial charge >= 0.3 is 6.09 Å². The Morgan fingerprint density at radius 2 is 2.04 bits per heavy atom. The topological polar surface area (TPSA) is 92.7 Å². The van der Waals surface area contributed by atoms with E-state index in [9.17, 15) is 9.59 Å². The molecule has 0 saturated heterocycles. The van der Waals surface area contributed by atoms with Gasteiger partial charge in [-0.3, -0.25) is 9.78 Å². The molecule has 0 saturated carbocycles. The van der Waals surface area contributed by atoms with Crippen molar-refractivity contribution in [2.24, 2.45) is 11.0 Å². The molecule has 0 bridgehead atoms. The Hall–Kier alpha value is -2.96. The van der Waals surface area contributed by atoms with Crippen LogP contribution in [0, 0.1) is 5.92 Å². The quantitative estimate of drug-likeness (QED) is 0.588. The van der Waals surface area contributed by atoms with Gasteiger partial charge in [0.15, 0.2) is 0 Å². The van der Waals surface area contributed by atoms with Crippen molar-refractivity contribution in [3.63, 3.8) is 0 Å². The highest BCUT2D eigenvalue weighted by Crippen LogP contribution is 2.13. The highest BCUT2D eigenvalue weighted by atomic mass is 16.6. The number of hydrogen-bond donors (Lipinski definition) is 2. The molecule has 0 spiro atoms. The number of alkyl carbamates (subject to hydrolysis) is 1. The van der Waals surface area contributed by atoms with Crippen LogP contribution in [0.5, 0.6) is 0 Å². The summed E-state index contributed by atoms with van der Waals surface area (Å²) in [5.41, 5.74) is 3.60. The van der Waals surface area contributed by atoms with Gasteiger partial charge in [-0.1, -0.05) is 32.4 Å². The first-order valence-electron chi connectivity index (χ1n) is 9.37. The maximum atomic E-state index is 12.5. The molecule has 0 aliphatic heterocycles. The van der Waals surface area contributed by atoms with E-state index in [2.05, 4.69) is 20.8 Å². The molecule has 1 aromatic heterocycles. The van der Waals surface area contributed by atoms with Crippen LogP contribution < -0.4 is 10.7 Å². The molecule has 2 rings (SSSR count). The van der Waals surface area contributed by atoms with Crippen molar-refractivity contribution in [2.45, 2.75) is 52.7 Å². The zero-order valence-corrected chi connectivity index (χ0v) is 17.0. The zero-order chi connectivity index (χ0) is 20.7. The number of pyridine rings is 1. The van der Waals surface area contributed by atoms with Crippen molar-refractivity contribution in [1.29, 1.82) is 0 Å². The van der Waals surface area contributed by atoms with Gasteiger partial charge in [0.1, 0.15) is 11.6 Å². The summed E-state index contributed by atoms with van der Waals surface area (Å²) >= 11 is 0. The number of nitrogens with one attached hydrogen (secondary N) is 2. The first-order valence-corrected chi connectivity index (χ1v) is 9.37. The molecular formula is C21H28N4O3. The SMILES string of the molecule is CCC(C)C(NC(=O)OC(C)(C)C)C(=O)N/N=C/c1ccc2ncccc2c1. The van der Waals surface area contributed by atoms with E-state index >= 15 is 0 Å². The number of rotatable bonds is 6. The van der Waals surface area contributed by atoms with Gasteiger partial charge in [0, 0.05) is 11.6 Å². The summed E-state index contributed by atoms with van der Waals surface area (Å²) in [5.74, 6) is -0.464. The number of hydrogen-bond acceptors (Lipinski definition) is 5. The van der Waals surface area contributed by atoms with Crippen LogP contribution in [0.15, 0.2) is 41.6 Å². The second-order valence-electron chi connectivity index (χ2n) is 7.70. The van der Waals surface area contributed by atoms with Crippen molar-refractivity contribution < 1.29 is 14.3 Å². The molecule has 1 heterocycles. The molecular weight excluding hydrogens is 356 g/mol. The molecule has 7 heteroatoms. The summed E-state index contributed by atoms with van der Waals surface area (Å²) < 4.78 is 5.25. The number of benzene rings is 1. The number of carbonyl (C=O) groups excluding carboxylic acids is 2. The van der Waals surface area contributed by atoms with E-state index in [0.717, 1.165) is 22.9 Å². The molecule has 0 aliphatic rings. The summed E-state index contributed by atoms with van der Waals surface area (Å²) in [5, 5.41) is 7.66. The molecule has 1 aromatic carbocycles. The van der Waals surface area contributed by atoms with E-state index < -0.39 is 17.7 Å². The fourth-order valence-electron chi connectivity index (χ4n) is 2.55. The second-order valence-corrected chi connectivity index (χ2v) is 7.70. The molecule has 150 valence electrons. The fraction of sp³-hybridized carbons (Fsp3) is 0.429. The van der Waals surface area contributed by atoms with Crippen molar-refractivity contribution in [3.8, 4) is 0 Å². The number of hydrazone groups is 1. The fourth-order valence-corrected chi connectivity index (χ4v) is 2.55. The molecule has 7 nitrogen and oxygen atoms in total. The van der Waals surface area contributed by atoms with E-state index in [1.54, 1.807) is 33.2 Å². The van der Waals surface area contributed by atoms with Gasteiger partial charge in [0.25, 0.3) is 5.91 Å². The lowest BCUT2D eigenvalue weighted by Gasteiger charge is -2.25. The molecule has 28 heavy (non-hydrogen) atoms. The van der Waals surface area contributed by atoms with E-state index in [-0.39, 0.29) is 11.8 Å². The molecule has 0 fully saturated rings. The third-order valence-corrected chi connectivity index (χ3v) is 4.18. The minimum atomic E-state index is -0.738. The Bertz CT molecular complexity index is 858. The summed E-state index contributed by atoms with van der Waals surface area (Å²) in [4.78, 5) is 28.9. The van der Waals surface area contributed by atoms with Gasteiger partial charge in [-0.2, -0.15) is 5.10 Å². The Morgan fingerprint density at radius 3 is 2.71 bits per heavy atom. The first kappa shape index (κ1) is 21.3. The summed E-state index contributed by atoms with van der Waals surface area (Å²) in [7, 11) is 0. The number of amides is 2. The van der Waals surface area contributed by atoms with Crippen molar-refractivity contribution in [3.05, 3.63) is 42.1 Å². The third-order valence-electron chi connectivity index (χ3n) is 4.18. The smallest absolute Gasteiger partial charge is 0.408 e. The van der Waals surface area contributed by atoms with Crippen LogP contribution in [-0.4, -0.2) is 34.8 Å². The molecule has 2 atom stereocenters. The predicted octanol–water partition coefficient (Wildman–Crippen LogP) is 3.62. The normalized spacial score (nSPS) is 13.9. The van der Waals surface area contributed by atoms with Crippen LogP contribution in [-0.2, 0) is 9.53 Å². The Balaban J connectivity index is 2.03. The van der Waals surface area contributed by atoms with Gasteiger partial charge < -0.3 is 10.1 Å². The predicted molar refractivity (Wildman–Crippen MR) is 110 cm³/mol.